The summed E-state index contributed by atoms with van der Waals surface area (Å²) in [7, 11) is 0. The van der Waals surface area contributed by atoms with Gasteiger partial charge in [0.15, 0.2) is 0 Å². The minimum Gasteiger partial charge on any atom is -0.321 e. The van der Waals surface area contributed by atoms with E-state index < -0.39 is 6.04 Å². The molecule has 0 aliphatic rings. The SMILES string of the molecule is N[C@H]([C]=O)Cc1ccc(F)cc1. The summed E-state index contributed by atoms with van der Waals surface area (Å²) < 4.78 is 12.4. The molecule has 0 bridgehead atoms. The summed E-state index contributed by atoms with van der Waals surface area (Å²) >= 11 is 0. The van der Waals surface area contributed by atoms with E-state index in [9.17, 15) is 9.18 Å². The second-order valence-electron chi connectivity index (χ2n) is 2.55. The van der Waals surface area contributed by atoms with Crippen LogP contribution < -0.4 is 5.73 Å². The van der Waals surface area contributed by atoms with Crippen LogP contribution in [0.15, 0.2) is 24.3 Å². The lowest BCUT2D eigenvalue weighted by molar-refractivity contribution is 0.540. The first-order chi connectivity index (χ1) is 5.72. The molecule has 0 unspecified atom stereocenters. The van der Waals surface area contributed by atoms with Gasteiger partial charge in [-0.3, -0.25) is 4.79 Å². The average Bonchev–Trinajstić information content (AvgIpc) is 2.09. The van der Waals surface area contributed by atoms with Crippen LogP contribution in [0.3, 0.4) is 0 Å². The third kappa shape index (κ3) is 2.43. The summed E-state index contributed by atoms with van der Waals surface area (Å²) in [6, 6.07) is 5.27. The van der Waals surface area contributed by atoms with E-state index in [1.54, 1.807) is 18.4 Å². The van der Waals surface area contributed by atoms with E-state index in [1.807, 2.05) is 0 Å². The van der Waals surface area contributed by atoms with Gasteiger partial charge < -0.3 is 5.73 Å². The van der Waals surface area contributed by atoms with Crippen LogP contribution in [0, 0.1) is 5.82 Å². The van der Waals surface area contributed by atoms with Gasteiger partial charge in [0.25, 0.3) is 0 Å². The number of benzene rings is 1. The molecule has 1 radical (unpaired) electrons. The lowest BCUT2D eigenvalue weighted by Gasteiger charge is -2.01. The van der Waals surface area contributed by atoms with Crippen LogP contribution in [-0.4, -0.2) is 12.3 Å². The molecule has 0 aliphatic carbocycles. The molecule has 1 atom stereocenters. The zero-order chi connectivity index (χ0) is 8.97. The van der Waals surface area contributed by atoms with E-state index in [4.69, 9.17) is 5.73 Å². The maximum absolute atomic E-state index is 12.4. The van der Waals surface area contributed by atoms with Gasteiger partial charge >= 0.3 is 0 Å². The molecular formula is C9H9FNO. The average molecular weight is 166 g/mol. The molecule has 0 aromatic heterocycles. The van der Waals surface area contributed by atoms with Crippen LogP contribution in [0.2, 0.25) is 0 Å². The highest BCUT2D eigenvalue weighted by Gasteiger charge is 2.02. The topological polar surface area (TPSA) is 43.1 Å². The fraction of sp³-hybridized carbons (Fsp3) is 0.222. The van der Waals surface area contributed by atoms with E-state index in [-0.39, 0.29) is 5.82 Å². The van der Waals surface area contributed by atoms with Gasteiger partial charge in [0.2, 0.25) is 6.29 Å². The lowest BCUT2D eigenvalue weighted by atomic mass is 10.1. The second kappa shape index (κ2) is 3.97. The van der Waals surface area contributed by atoms with Crippen LogP contribution in [0.5, 0.6) is 0 Å². The molecule has 1 aromatic rings. The van der Waals surface area contributed by atoms with Gasteiger partial charge in [0.1, 0.15) is 5.82 Å². The summed E-state index contributed by atoms with van der Waals surface area (Å²) in [4.78, 5) is 10.1. The normalized spacial score (nSPS) is 12.5. The van der Waals surface area contributed by atoms with Gasteiger partial charge in [0, 0.05) is 0 Å². The predicted molar refractivity (Wildman–Crippen MR) is 43.8 cm³/mol. The lowest BCUT2D eigenvalue weighted by Crippen LogP contribution is -2.23. The van der Waals surface area contributed by atoms with Crippen LogP contribution >= 0.6 is 0 Å². The minimum absolute atomic E-state index is 0.289. The van der Waals surface area contributed by atoms with E-state index >= 15 is 0 Å². The Bertz CT molecular complexity index is 258. The molecule has 0 spiro atoms. The third-order valence-electron chi connectivity index (χ3n) is 1.52. The smallest absolute Gasteiger partial charge is 0.217 e. The fourth-order valence-electron chi connectivity index (χ4n) is 0.916. The monoisotopic (exact) mass is 166 g/mol. The number of carbonyl (C=O) groups excluding carboxylic acids is 1. The Kier molecular flexibility index (Phi) is 2.94. The molecule has 1 aromatic carbocycles. The minimum atomic E-state index is -0.615. The Morgan fingerprint density at radius 3 is 2.50 bits per heavy atom. The van der Waals surface area contributed by atoms with Gasteiger partial charge in [0.05, 0.1) is 6.04 Å². The molecule has 63 valence electrons. The number of rotatable bonds is 3. The molecular weight excluding hydrogens is 157 g/mol. The van der Waals surface area contributed by atoms with Crippen molar-refractivity contribution in [3.05, 3.63) is 35.6 Å². The summed E-state index contributed by atoms with van der Waals surface area (Å²) in [5.74, 6) is -0.289. The zero-order valence-electron chi connectivity index (χ0n) is 6.46. The molecule has 0 heterocycles. The molecule has 3 heteroatoms. The highest BCUT2D eigenvalue weighted by atomic mass is 19.1. The zero-order valence-corrected chi connectivity index (χ0v) is 6.46. The molecule has 2 N–H and O–H groups in total. The van der Waals surface area contributed by atoms with Gasteiger partial charge in [-0.05, 0) is 24.1 Å². The Morgan fingerprint density at radius 1 is 1.42 bits per heavy atom. The molecule has 0 saturated carbocycles. The Morgan fingerprint density at radius 2 is 2.00 bits per heavy atom. The first-order valence-electron chi connectivity index (χ1n) is 3.60. The first kappa shape index (κ1) is 8.87. The maximum Gasteiger partial charge on any atom is 0.217 e. The number of hydrogen-bond acceptors (Lipinski definition) is 2. The van der Waals surface area contributed by atoms with E-state index in [2.05, 4.69) is 0 Å². The van der Waals surface area contributed by atoms with Crippen molar-refractivity contribution in [2.24, 2.45) is 5.73 Å². The van der Waals surface area contributed by atoms with Crippen molar-refractivity contribution in [2.45, 2.75) is 12.5 Å². The van der Waals surface area contributed by atoms with Gasteiger partial charge in [-0.1, -0.05) is 12.1 Å². The molecule has 0 fully saturated rings. The van der Waals surface area contributed by atoms with E-state index in [1.165, 1.54) is 12.1 Å². The van der Waals surface area contributed by atoms with Crippen molar-refractivity contribution in [1.82, 2.24) is 0 Å². The second-order valence-corrected chi connectivity index (χ2v) is 2.55. The Balaban J connectivity index is 2.64. The van der Waals surface area contributed by atoms with Crippen LogP contribution in [0.4, 0.5) is 4.39 Å². The largest absolute Gasteiger partial charge is 0.321 e. The molecule has 0 saturated heterocycles. The summed E-state index contributed by atoms with van der Waals surface area (Å²) in [5.41, 5.74) is 6.17. The van der Waals surface area contributed by atoms with Crippen molar-refractivity contribution in [2.75, 3.05) is 0 Å². The van der Waals surface area contributed by atoms with Gasteiger partial charge in [-0.25, -0.2) is 4.39 Å². The van der Waals surface area contributed by atoms with Gasteiger partial charge in [-0.2, -0.15) is 0 Å². The van der Waals surface area contributed by atoms with Crippen molar-refractivity contribution in [1.29, 1.82) is 0 Å². The van der Waals surface area contributed by atoms with Crippen LogP contribution in [0.25, 0.3) is 0 Å². The van der Waals surface area contributed by atoms with Crippen LogP contribution in [-0.2, 0) is 11.2 Å². The Labute approximate surface area is 70.2 Å². The number of halogens is 1. The van der Waals surface area contributed by atoms with Crippen LogP contribution in [0.1, 0.15) is 5.56 Å². The quantitative estimate of drug-likeness (QED) is 0.721. The summed E-state index contributed by atoms with van der Waals surface area (Å²) in [6.45, 7) is 0. The predicted octanol–water partition coefficient (Wildman–Crippen LogP) is 0.805. The van der Waals surface area contributed by atoms with Crippen molar-refractivity contribution < 1.29 is 9.18 Å². The fourth-order valence-corrected chi connectivity index (χ4v) is 0.916. The molecule has 2 nitrogen and oxygen atoms in total. The van der Waals surface area contributed by atoms with E-state index in [0.29, 0.717) is 6.42 Å². The standard InChI is InChI=1S/C9H9FNO/c10-8-3-1-7(2-4-8)5-9(11)6-12/h1-4,9H,5,11H2/t9-/m0/s1. The van der Waals surface area contributed by atoms with Crippen molar-refractivity contribution in [3.8, 4) is 0 Å². The van der Waals surface area contributed by atoms with Crippen molar-refractivity contribution in [3.63, 3.8) is 0 Å². The molecule has 12 heavy (non-hydrogen) atoms. The third-order valence-corrected chi connectivity index (χ3v) is 1.52. The highest BCUT2D eigenvalue weighted by molar-refractivity contribution is 5.58. The highest BCUT2D eigenvalue weighted by Crippen LogP contribution is 2.03. The van der Waals surface area contributed by atoms with Gasteiger partial charge in [-0.15, -0.1) is 0 Å². The van der Waals surface area contributed by atoms with Crippen molar-refractivity contribution >= 4 is 6.29 Å². The summed E-state index contributed by atoms with van der Waals surface area (Å²) in [6.07, 6.45) is 2.07. The van der Waals surface area contributed by atoms with E-state index in [0.717, 1.165) is 5.56 Å². The first-order valence-corrected chi connectivity index (χ1v) is 3.60. The summed E-state index contributed by atoms with van der Waals surface area (Å²) in [5, 5.41) is 0. The molecule has 0 aliphatic heterocycles. The maximum atomic E-state index is 12.4. The number of nitrogens with two attached hydrogens (primary N) is 1. The molecule has 0 amide bonds. The molecule has 1 rings (SSSR count). The Hall–Kier alpha value is -1.22. The number of hydrogen-bond donors (Lipinski definition) is 1.